The number of carbonyl (C=O) groups is 1. The van der Waals surface area contributed by atoms with Crippen LogP contribution in [0.25, 0.3) is 0 Å². The van der Waals surface area contributed by atoms with Gasteiger partial charge in [0, 0.05) is 37.3 Å². The zero-order valence-corrected chi connectivity index (χ0v) is 18.9. The molecule has 1 aromatic heterocycles. The van der Waals surface area contributed by atoms with Crippen LogP contribution in [0.15, 0.2) is 58.3 Å². The molecule has 2 aromatic carbocycles. The number of anilines is 1. The Bertz CT molecular complexity index is 1030. The molecule has 8 heteroatoms. The quantitative estimate of drug-likeness (QED) is 0.490. The van der Waals surface area contributed by atoms with Gasteiger partial charge in [-0.2, -0.15) is 0 Å². The Morgan fingerprint density at radius 1 is 1.13 bits per heavy atom. The minimum atomic E-state index is -0.200. The standard InChI is InChI=1S/C23H24FN3O2S2/c1-29-21-9-5-4-8-20(21)26-10-12-27(13-11-26)22(28)14-18-16-31-23(25-18)30-15-17-6-2-3-7-19(17)24/h2-9,16H,10-15H2,1H3. The van der Waals surface area contributed by atoms with Crippen molar-refractivity contribution in [2.24, 2.45) is 0 Å². The Balaban J connectivity index is 1.28. The lowest BCUT2D eigenvalue weighted by atomic mass is 10.2. The molecule has 31 heavy (non-hydrogen) atoms. The van der Waals surface area contributed by atoms with Gasteiger partial charge in [-0.3, -0.25) is 4.79 Å². The van der Waals surface area contributed by atoms with E-state index in [2.05, 4.69) is 9.88 Å². The van der Waals surface area contributed by atoms with Crippen molar-refractivity contribution in [1.29, 1.82) is 0 Å². The molecular weight excluding hydrogens is 433 g/mol. The Kier molecular flexibility index (Phi) is 7.09. The Morgan fingerprint density at radius 2 is 1.87 bits per heavy atom. The third-order valence-electron chi connectivity index (χ3n) is 5.23. The molecule has 162 valence electrons. The van der Waals surface area contributed by atoms with Crippen molar-refractivity contribution < 1.29 is 13.9 Å². The number of hydrogen-bond donors (Lipinski definition) is 0. The molecule has 1 fully saturated rings. The molecule has 1 aliphatic heterocycles. The maximum absolute atomic E-state index is 13.8. The van der Waals surface area contributed by atoms with Crippen LogP contribution in [-0.2, 0) is 17.0 Å². The first kappa shape index (κ1) is 21.6. The van der Waals surface area contributed by atoms with Crippen molar-refractivity contribution >= 4 is 34.7 Å². The largest absolute Gasteiger partial charge is 0.495 e. The highest BCUT2D eigenvalue weighted by atomic mass is 32.2. The number of halogens is 1. The van der Waals surface area contributed by atoms with Gasteiger partial charge in [0.2, 0.25) is 5.91 Å². The molecule has 1 saturated heterocycles. The lowest BCUT2D eigenvalue weighted by molar-refractivity contribution is -0.130. The number of rotatable bonds is 7. The van der Waals surface area contributed by atoms with E-state index in [9.17, 15) is 9.18 Å². The van der Waals surface area contributed by atoms with Crippen molar-refractivity contribution in [3.63, 3.8) is 0 Å². The summed E-state index contributed by atoms with van der Waals surface area (Å²) in [7, 11) is 1.68. The van der Waals surface area contributed by atoms with Crippen molar-refractivity contribution in [3.8, 4) is 5.75 Å². The lowest BCUT2D eigenvalue weighted by Crippen LogP contribution is -2.49. The van der Waals surface area contributed by atoms with Crippen LogP contribution in [0.3, 0.4) is 0 Å². The predicted octanol–water partition coefficient (Wildman–Crippen LogP) is 4.47. The van der Waals surface area contributed by atoms with Crippen LogP contribution in [0.4, 0.5) is 10.1 Å². The molecule has 3 aromatic rings. The molecule has 1 aliphatic rings. The van der Waals surface area contributed by atoms with Crippen LogP contribution in [0.5, 0.6) is 5.75 Å². The number of piperazine rings is 1. The summed E-state index contributed by atoms with van der Waals surface area (Å²) in [5.41, 5.74) is 2.50. The number of para-hydroxylation sites is 2. The van der Waals surface area contributed by atoms with Crippen molar-refractivity contribution in [3.05, 3.63) is 71.0 Å². The molecule has 0 N–H and O–H groups in total. The van der Waals surface area contributed by atoms with Gasteiger partial charge in [-0.25, -0.2) is 9.37 Å². The summed E-state index contributed by atoms with van der Waals surface area (Å²) in [4.78, 5) is 21.5. The first-order chi connectivity index (χ1) is 15.1. The number of benzene rings is 2. The monoisotopic (exact) mass is 457 g/mol. The summed E-state index contributed by atoms with van der Waals surface area (Å²) >= 11 is 3.00. The van der Waals surface area contributed by atoms with E-state index in [4.69, 9.17) is 4.74 Å². The first-order valence-corrected chi connectivity index (χ1v) is 12.0. The summed E-state index contributed by atoms with van der Waals surface area (Å²) in [6.07, 6.45) is 0.297. The zero-order chi connectivity index (χ0) is 21.6. The summed E-state index contributed by atoms with van der Waals surface area (Å²) in [6, 6.07) is 14.7. The molecule has 0 spiro atoms. The van der Waals surface area contributed by atoms with E-state index < -0.39 is 0 Å². The highest BCUT2D eigenvalue weighted by Crippen LogP contribution is 2.29. The highest BCUT2D eigenvalue weighted by molar-refractivity contribution is 8.00. The smallest absolute Gasteiger partial charge is 0.228 e. The molecule has 1 amide bonds. The normalized spacial score (nSPS) is 14.0. The minimum absolute atomic E-state index is 0.0932. The van der Waals surface area contributed by atoms with Gasteiger partial charge in [-0.1, -0.05) is 42.1 Å². The van der Waals surface area contributed by atoms with Gasteiger partial charge >= 0.3 is 0 Å². The molecule has 4 rings (SSSR count). The second kappa shape index (κ2) is 10.2. The van der Waals surface area contributed by atoms with Gasteiger partial charge < -0.3 is 14.5 Å². The van der Waals surface area contributed by atoms with Gasteiger partial charge in [-0.15, -0.1) is 11.3 Å². The number of amides is 1. The van der Waals surface area contributed by atoms with Gasteiger partial charge in [-0.05, 0) is 23.8 Å². The Hall–Kier alpha value is -2.58. The number of thioether (sulfide) groups is 1. The summed E-state index contributed by atoms with van der Waals surface area (Å²) in [6.45, 7) is 2.89. The van der Waals surface area contributed by atoms with E-state index in [0.29, 0.717) is 30.8 Å². The number of thiazole rings is 1. The minimum Gasteiger partial charge on any atom is -0.495 e. The third kappa shape index (κ3) is 5.37. The van der Waals surface area contributed by atoms with E-state index in [1.165, 1.54) is 29.2 Å². The van der Waals surface area contributed by atoms with Crippen LogP contribution >= 0.6 is 23.1 Å². The number of carbonyl (C=O) groups excluding carboxylic acids is 1. The summed E-state index contributed by atoms with van der Waals surface area (Å²) in [5, 5.41) is 1.92. The number of nitrogens with zero attached hydrogens (tertiary/aromatic N) is 3. The first-order valence-electron chi connectivity index (χ1n) is 10.1. The Labute approximate surface area is 189 Å². The van der Waals surface area contributed by atoms with Crippen LogP contribution in [-0.4, -0.2) is 49.1 Å². The average Bonchev–Trinajstić information content (AvgIpc) is 3.26. The molecule has 0 unspecified atom stereocenters. The predicted molar refractivity (Wildman–Crippen MR) is 124 cm³/mol. The van der Waals surface area contributed by atoms with E-state index >= 15 is 0 Å². The number of ether oxygens (including phenoxy) is 1. The fraction of sp³-hybridized carbons (Fsp3) is 0.304. The van der Waals surface area contributed by atoms with Crippen molar-refractivity contribution in [2.75, 3.05) is 38.2 Å². The molecule has 0 aliphatic carbocycles. The average molecular weight is 458 g/mol. The number of aromatic nitrogens is 1. The van der Waals surface area contributed by atoms with Crippen LogP contribution in [0.2, 0.25) is 0 Å². The molecule has 0 radical (unpaired) electrons. The molecule has 0 atom stereocenters. The number of hydrogen-bond acceptors (Lipinski definition) is 6. The lowest BCUT2D eigenvalue weighted by Gasteiger charge is -2.36. The SMILES string of the molecule is COc1ccccc1N1CCN(C(=O)Cc2csc(SCc3ccccc3F)n2)CC1. The van der Waals surface area contributed by atoms with E-state index in [-0.39, 0.29) is 11.7 Å². The summed E-state index contributed by atoms with van der Waals surface area (Å²) in [5.74, 6) is 1.27. The van der Waals surface area contributed by atoms with E-state index in [0.717, 1.165) is 34.6 Å². The second-order valence-electron chi connectivity index (χ2n) is 7.20. The molecular formula is C23H24FN3O2S2. The van der Waals surface area contributed by atoms with Crippen molar-refractivity contribution in [1.82, 2.24) is 9.88 Å². The molecule has 2 heterocycles. The van der Waals surface area contributed by atoms with Gasteiger partial charge in [0.05, 0.1) is 24.9 Å². The second-order valence-corrected chi connectivity index (χ2v) is 9.28. The molecule has 0 bridgehead atoms. The van der Waals surface area contributed by atoms with Gasteiger partial charge in [0.1, 0.15) is 15.9 Å². The molecule has 0 saturated carbocycles. The third-order valence-corrected chi connectivity index (χ3v) is 7.35. The fourth-order valence-electron chi connectivity index (χ4n) is 3.55. The van der Waals surface area contributed by atoms with Crippen LogP contribution < -0.4 is 9.64 Å². The number of methoxy groups -OCH3 is 1. The zero-order valence-electron chi connectivity index (χ0n) is 17.3. The van der Waals surface area contributed by atoms with Crippen LogP contribution in [0, 0.1) is 5.82 Å². The van der Waals surface area contributed by atoms with Gasteiger partial charge in [0.15, 0.2) is 0 Å². The fourth-order valence-corrected chi connectivity index (χ4v) is 5.38. The van der Waals surface area contributed by atoms with E-state index in [1.54, 1.807) is 19.2 Å². The Morgan fingerprint density at radius 3 is 2.65 bits per heavy atom. The van der Waals surface area contributed by atoms with Gasteiger partial charge in [0.25, 0.3) is 0 Å². The van der Waals surface area contributed by atoms with Crippen molar-refractivity contribution in [2.45, 2.75) is 16.5 Å². The maximum Gasteiger partial charge on any atom is 0.228 e. The maximum atomic E-state index is 13.8. The topological polar surface area (TPSA) is 45.7 Å². The highest BCUT2D eigenvalue weighted by Gasteiger charge is 2.23. The van der Waals surface area contributed by atoms with Crippen LogP contribution in [0.1, 0.15) is 11.3 Å². The van der Waals surface area contributed by atoms with E-state index in [1.807, 2.05) is 40.6 Å². The summed E-state index contributed by atoms with van der Waals surface area (Å²) < 4.78 is 20.1. The molecule has 5 nitrogen and oxygen atoms in total.